The Bertz CT molecular complexity index is 228. The Balaban J connectivity index is 1.81. The van der Waals surface area contributed by atoms with Gasteiger partial charge >= 0.3 is 0 Å². The van der Waals surface area contributed by atoms with Gasteiger partial charge in [0.05, 0.1) is 0 Å². The number of hydrogen-bond acceptors (Lipinski definition) is 3. The number of hydrogen-bond donors (Lipinski definition) is 0. The molecule has 0 bridgehead atoms. The summed E-state index contributed by atoms with van der Waals surface area (Å²) >= 11 is 2.43. The van der Waals surface area contributed by atoms with Crippen molar-refractivity contribution in [3.8, 4) is 0 Å². The molecule has 0 aromatic heterocycles. The van der Waals surface area contributed by atoms with E-state index in [0.717, 1.165) is 18.0 Å². The molecule has 94 valence electrons. The van der Waals surface area contributed by atoms with Crippen LogP contribution in [0.4, 0.5) is 0 Å². The van der Waals surface area contributed by atoms with Gasteiger partial charge in [-0.05, 0) is 26.3 Å². The number of piperazine rings is 1. The SMILES string of the molecule is CCN1C[C@H](C)N(CC2CN(I)C2)C[C@H]1C. The molecule has 0 unspecified atom stereocenters. The summed E-state index contributed by atoms with van der Waals surface area (Å²) in [5.41, 5.74) is 0. The van der Waals surface area contributed by atoms with Crippen LogP contribution in [-0.4, -0.2) is 64.3 Å². The predicted molar refractivity (Wildman–Crippen MR) is 76.8 cm³/mol. The third-order valence-corrected chi connectivity index (χ3v) is 4.84. The summed E-state index contributed by atoms with van der Waals surface area (Å²) < 4.78 is 2.39. The van der Waals surface area contributed by atoms with E-state index >= 15 is 0 Å². The summed E-state index contributed by atoms with van der Waals surface area (Å²) in [5, 5.41) is 0. The Morgan fingerprint density at radius 2 is 1.56 bits per heavy atom. The third kappa shape index (κ3) is 2.89. The summed E-state index contributed by atoms with van der Waals surface area (Å²) in [6.45, 7) is 14.6. The Hall–Kier alpha value is 0.610. The van der Waals surface area contributed by atoms with Crippen molar-refractivity contribution in [2.75, 3.05) is 39.3 Å². The van der Waals surface area contributed by atoms with Crippen molar-refractivity contribution >= 4 is 22.9 Å². The molecule has 0 amide bonds. The Labute approximate surface area is 114 Å². The zero-order valence-corrected chi connectivity index (χ0v) is 12.9. The lowest BCUT2D eigenvalue weighted by atomic mass is 10.00. The quantitative estimate of drug-likeness (QED) is 0.573. The van der Waals surface area contributed by atoms with Crippen LogP contribution in [0, 0.1) is 5.92 Å². The van der Waals surface area contributed by atoms with Gasteiger partial charge in [0.15, 0.2) is 0 Å². The van der Waals surface area contributed by atoms with E-state index in [1.165, 1.54) is 39.3 Å². The smallest absolute Gasteiger partial charge is 0.0201 e. The first-order valence-corrected chi connectivity index (χ1v) is 7.45. The Morgan fingerprint density at radius 1 is 1.00 bits per heavy atom. The second kappa shape index (κ2) is 5.50. The lowest BCUT2D eigenvalue weighted by molar-refractivity contribution is 0.0239. The summed E-state index contributed by atoms with van der Waals surface area (Å²) in [5.74, 6) is 0.916. The molecule has 2 atom stereocenters. The average molecular weight is 337 g/mol. The van der Waals surface area contributed by atoms with Crippen LogP contribution >= 0.6 is 22.9 Å². The van der Waals surface area contributed by atoms with Crippen LogP contribution in [0.5, 0.6) is 0 Å². The van der Waals surface area contributed by atoms with Crippen LogP contribution in [0.1, 0.15) is 20.8 Å². The highest BCUT2D eigenvalue weighted by Crippen LogP contribution is 2.23. The van der Waals surface area contributed by atoms with Gasteiger partial charge in [-0.1, -0.05) is 6.92 Å². The molecule has 2 rings (SSSR count). The van der Waals surface area contributed by atoms with Crippen molar-refractivity contribution in [3.05, 3.63) is 0 Å². The van der Waals surface area contributed by atoms with Crippen molar-refractivity contribution < 1.29 is 0 Å². The minimum atomic E-state index is 0.733. The second-order valence-corrected chi connectivity index (χ2v) is 6.80. The molecule has 0 saturated carbocycles. The van der Waals surface area contributed by atoms with Gasteiger partial charge in [0, 0.05) is 67.7 Å². The van der Waals surface area contributed by atoms with Gasteiger partial charge in [-0.25, -0.2) is 3.11 Å². The van der Waals surface area contributed by atoms with Crippen molar-refractivity contribution in [1.29, 1.82) is 0 Å². The van der Waals surface area contributed by atoms with E-state index in [0.29, 0.717) is 0 Å². The minimum absolute atomic E-state index is 0.733. The fraction of sp³-hybridized carbons (Fsp3) is 1.00. The van der Waals surface area contributed by atoms with Crippen molar-refractivity contribution in [1.82, 2.24) is 12.9 Å². The Morgan fingerprint density at radius 3 is 2.12 bits per heavy atom. The molecule has 0 spiro atoms. The van der Waals surface area contributed by atoms with E-state index in [2.05, 4.69) is 56.5 Å². The molecule has 0 aromatic carbocycles. The maximum Gasteiger partial charge on any atom is 0.0201 e. The first-order chi connectivity index (χ1) is 7.60. The first-order valence-electron chi connectivity index (χ1n) is 6.49. The third-order valence-electron chi connectivity index (χ3n) is 4.06. The predicted octanol–water partition coefficient (Wildman–Crippen LogP) is 1.68. The van der Waals surface area contributed by atoms with Gasteiger partial charge < -0.3 is 0 Å². The van der Waals surface area contributed by atoms with Crippen molar-refractivity contribution in [2.45, 2.75) is 32.9 Å². The van der Waals surface area contributed by atoms with Crippen LogP contribution in [0.15, 0.2) is 0 Å². The van der Waals surface area contributed by atoms with Gasteiger partial charge in [0.25, 0.3) is 0 Å². The molecule has 3 nitrogen and oxygen atoms in total. The largest absolute Gasteiger partial charge is 0.298 e. The fourth-order valence-electron chi connectivity index (χ4n) is 2.92. The highest BCUT2D eigenvalue weighted by Gasteiger charge is 2.32. The monoisotopic (exact) mass is 337 g/mol. The summed E-state index contributed by atoms with van der Waals surface area (Å²) in [4.78, 5) is 5.30. The molecule has 0 aromatic rings. The molecule has 2 saturated heterocycles. The van der Waals surface area contributed by atoms with Crippen molar-refractivity contribution in [2.24, 2.45) is 5.92 Å². The molecule has 16 heavy (non-hydrogen) atoms. The van der Waals surface area contributed by atoms with Crippen LogP contribution in [0.2, 0.25) is 0 Å². The topological polar surface area (TPSA) is 9.72 Å². The second-order valence-electron chi connectivity index (χ2n) is 5.43. The van der Waals surface area contributed by atoms with Gasteiger partial charge in [0.2, 0.25) is 0 Å². The fourth-order valence-corrected chi connectivity index (χ4v) is 4.03. The molecule has 2 heterocycles. The standard InChI is InChI=1S/C12H24IN3/c1-4-14-5-11(3)15(6-10(14)2)7-12-8-16(13)9-12/h10-12H,4-9H2,1-3H3/t10-,11+/m1/s1. The molecule has 0 N–H and O–H groups in total. The molecule has 2 fully saturated rings. The average Bonchev–Trinajstić information content (AvgIpc) is 2.20. The van der Waals surface area contributed by atoms with E-state index < -0.39 is 0 Å². The van der Waals surface area contributed by atoms with Crippen LogP contribution in [-0.2, 0) is 0 Å². The van der Waals surface area contributed by atoms with E-state index in [1.54, 1.807) is 0 Å². The van der Waals surface area contributed by atoms with Crippen LogP contribution in [0.3, 0.4) is 0 Å². The lowest BCUT2D eigenvalue weighted by Gasteiger charge is -2.47. The van der Waals surface area contributed by atoms with Gasteiger partial charge in [-0.3, -0.25) is 9.80 Å². The lowest BCUT2D eigenvalue weighted by Crippen LogP contribution is -2.59. The minimum Gasteiger partial charge on any atom is -0.298 e. The normalized spacial score (nSPS) is 35.2. The highest BCUT2D eigenvalue weighted by molar-refractivity contribution is 14.1. The maximum absolute atomic E-state index is 2.70. The molecule has 2 aliphatic heterocycles. The van der Waals surface area contributed by atoms with Gasteiger partial charge in [-0.15, -0.1) is 0 Å². The number of halogens is 1. The van der Waals surface area contributed by atoms with E-state index in [9.17, 15) is 0 Å². The van der Waals surface area contributed by atoms with Crippen LogP contribution < -0.4 is 0 Å². The molecule has 0 radical (unpaired) electrons. The summed E-state index contributed by atoms with van der Waals surface area (Å²) in [7, 11) is 0. The zero-order chi connectivity index (χ0) is 11.7. The molecule has 2 aliphatic rings. The molecule has 4 heteroatoms. The molecular formula is C12H24IN3. The van der Waals surface area contributed by atoms with E-state index in [-0.39, 0.29) is 0 Å². The van der Waals surface area contributed by atoms with Gasteiger partial charge in [0.1, 0.15) is 0 Å². The number of likely N-dealkylation sites (N-methyl/N-ethyl adjacent to an activating group) is 1. The number of rotatable bonds is 3. The molecule has 0 aliphatic carbocycles. The highest BCUT2D eigenvalue weighted by atomic mass is 127. The van der Waals surface area contributed by atoms with E-state index in [1.807, 2.05) is 0 Å². The Kier molecular flexibility index (Phi) is 4.49. The van der Waals surface area contributed by atoms with Crippen molar-refractivity contribution in [3.63, 3.8) is 0 Å². The van der Waals surface area contributed by atoms with Gasteiger partial charge in [-0.2, -0.15) is 0 Å². The first kappa shape index (κ1) is 13.1. The van der Waals surface area contributed by atoms with Crippen LogP contribution in [0.25, 0.3) is 0 Å². The molecular weight excluding hydrogens is 313 g/mol. The summed E-state index contributed by atoms with van der Waals surface area (Å²) in [6, 6.07) is 1.47. The summed E-state index contributed by atoms with van der Waals surface area (Å²) in [6.07, 6.45) is 0. The number of nitrogens with zero attached hydrogens (tertiary/aromatic N) is 3. The zero-order valence-electron chi connectivity index (χ0n) is 10.7. The maximum atomic E-state index is 2.70. The van der Waals surface area contributed by atoms with E-state index in [4.69, 9.17) is 0 Å².